The molecule has 1 aromatic heterocycles. The molecule has 150 valence electrons. The van der Waals surface area contributed by atoms with Gasteiger partial charge in [-0.2, -0.15) is 0 Å². The first kappa shape index (κ1) is 18.9. The zero-order valence-electron chi connectivity index (χ0n) is 15.7. The number of hydrogen-bond acceptors (Lipinski definition) is 5. The molecule has 1 amide bonds. The number of allylic oxidation sites excluding steroid dienone is 3. The van der Waals surface area contributed by atoms with Gasteiger partial charge in [0, 0.05) is 26.2 Å². The van der Waals surface area contributed by atoms with Crippen LogP contribution in [0.2, 0.25) is 0 Å². The standard InChI is InChI=1S/C21H21FN4O3/c22-16-8-6-14(7-9-16)12-23-19(28)17-18(27)20(29)26-11-10-25(21(26)24-17)13-15-4-2-1-3-5-15/h1-6,8-9,14,27H,7,10-13H2,(H,23,28). The number of halogens is 1. The lowest BCUT2D eigenvalue weighted by atomic mass is 10.0. The molecule has 0 spiro atoms. The third-order valence-electron chi connectivity index (χ3n) is 5.10. The Hall–Kier alpha value is -3.42. The Morgan fingerprint density at radius 1 is 1.28 bits per heavy atom. The zero-order chi connectivity index (χ0) is 20.4. The molecule has 2 heterocycles. The summed E-state index contributed by atoms with van der Waals surface area (Å²) < 4.78 is 14.4. The van der Waals surface area contributed by atoms with Crippen molar-refractivity contribution in [3.05, 3.63) is 76.0 Å². The van der Waals surface area contributed by atoms with Gasteiger partial charge in [-0.05, 0) is 30.1 Å². The number of carbonyl (C=O) groups excluding carboxylic acids is 1. The molecule has 0 radical (unpaired) electrons. The highest BCUT2D eigenvalue weighted by molar-refractivity contribution is 5.95. The van der Waals surface area contributed by atoms with Crippen molar-refractivity contribution < 1.29 is 14.3 Å². The van der Waals surface area contributed by atoms with Gasteiger partial charge in [0.2, 0.25) is 11.7 Å². The van der Waals surface area contributed by atoms with Gasteiger partial charge in [0.1, 0.15) is 5.83 Å². The van der Waals surface area contributed by atoms with Crippen LogP contribution in [-0.2, 0) is 13.1 Å². The second-order valence-electron chi connectivity index (χ2n) is 7.13. The number of fused-ring (bicyclic) bond motifs is 1. The summed E-state index contributed by atoms with van der Waals surface area (Å²) in [5.74, 6) is -1.26. The van der Waals surface area contributed by atoms with Crippen LogP contribution in [0, 0.1) is 5.92 Å². The van der Waals surface area contributed by atoms with E-state index in [1.54, 1.807) is 6.08 Å². The number of hydrogen-bond donors (Lipinski definition) is 2. The minimum absolute atomic E-state index is 0.0503. The summed E-state index contributed by atoms with van der Waals surface area (Å²) in [4.78, 5) is 31.3. The number of anilines is 1. The largest absolute Gasteiger partial charge is 0.501 e. The van der Waals surface area contributed by atoms with Crippen LogP contribution in [0.15, 0.2) is 59.2 Å². The second-order valence-corrected chi connectivity index (χ2v) is 7.13. The fraction of sp³-hybridized carbons (Fsp3) is 0.286. The summed E-state index contributed by atoms with van der Waals surface area (Å²) in [5.41, 5.74) is 0.139. The molecule has 1 unspecified atom stereocenters. The Balaban J connectivity index is 1.53. The molecule has 8 heteroatoms. The summed E-state index contributed by atoms with van der Waals surface area (Å²) in [6.45, 7) is 1.76. The van der Waals surface area contributed by atoms with E-state index in [9.17, 15) is 19.1 Å². The molecule has 0 bridgehead atoms. The molecular formula is C21H21FN4O3. The van der Waals surface area contributed by atoms with Gasteiger partial charge in [-0.1, -0.05) is 36.4 Å². The number of aromatic hydroxyl groups is 1. The number of aromatic nitrogens is 2. The van der Waals surface area contributed by atoms with Gasteiger partial charge in [0.25, 0.3) is 11.5 Å². The lowest BCUT2D eigenvalue weighted by Gasteiger charge is -2.18. The van der Waals surface area contributed by atoms with E-state index in [0.717, 1.165) is 5.56 Å². The molecule has 2 aliphatic rings. The van der Waals surface area contributed by atoms with Crippen LogP contribution < -0.4 is 15.8 Å². The first-order valence-electron chi connectivity index (χ1n) is 9.47. The zero-order valence-corrected chi connectivity index (χ0v) is 15.7. The second kappa shape index (κ2) is 7.90. The average Bonchev–Trinajstić information content (AvgIpc) is 3.13. The molecule has 0 saturated heterocycles. The van der Waals surface area contributed by atoms with Crippen LogP contribution in [0.5, 0.6) is 5.75 Å². The highest BCUT2D eigenvalue weighted by Gasteiger charge is 2.28. The number of nitrogens with one attached hydrogen (secondary N) is 1. The number of carbonyl (C=O) groups is 1. The highest BCUT2D eigenvalue weighted by atomic mass is 19.1. The molecular weight excluding hydrogens is 375 g/mol. The predicted molar refractivity (Wildman–Crippen MR) is 106 cm³/mol. The Morgan fingerprint density at radius 3 is 2.79 bits per heavy atom. The number of rotatable bonds is 5. The van der Waals surface area contributed by atoms with Crippen molar-refractivity contribution in [1.82, 2.24) is 14.9 Å². The van der Waals surface area contributed by atoms with Crippen molar-refractivity contribution in [3.63, 3.8) is 0 Å². The van der Waals surface area contributed by atoms with Gasteiger partial charge in [-0.25, -0.2) is 9.37 Å². The van der Waals surface area contributed by atoms with E-state index in [-0.39, 0.29) is 24.0 Å². The normalized spacial score (nSPS) is 17.8. The van der Waals surface area contributed by atoms with Crippen molar-refractivity contribution in [2.24, 2.45) is 5.92 Å². The lowest BCUT2D eigenvalue weighted by molar-refractivity contribution is 0.0941. The topological polar surface area (TPSA) is 87.5 Å². The first-order chi connectivity index (χ1) is 14.0. The molecule has 0 fully saturated rings. The third kappa shape index (κ3) is 3.91. The number of benzene rings is 1. The Kier molecular flexibility index (Phi) is 5.16. The van der Waals surface area contributed by atoms with E-state index in [0.29, 0.717) is 32.0 Å². The van der Waals surface area contributed by atoms with E-state index in [1.165, 1.54) is 16.7 Å². The van der Waals surface area contributed by atoms with E-state index >= 15 is 0 Å². The van der Waals surface area contributed by atoms with E-state index in [4.69, 9.17) is 0 Å². The van der Waals surface area contributed by atoms with Crippen LogP contribution in [0.25, 0.3) is 0 Å². The van der Waals surface area contributed by atoms with Crippen molar-refractivity contribution in [3.8, 4) is 5.75 Å². The molecule has 1 aliphatic carbocycles. The van der Waals surface area contributed by atoms with E-state index in [1.807, 2.05) is 35.2 Å². The molecule has 2 N–H and O–H groups in total. The van der Waals surface area contributed by atoms with Crippen LogP contribution in [0.3, 0.4) is 0 Å². The minimum Gasteiger partial charge on any atom is -0.501 e. The average molecular weight is 396 g/mol. The SMILES string of the molecule is O=C(NCC1C=CC(F)=CC1)c1nc2n(c(=O)c1O)CCN2Cc1ccccc1. The summed E-state index contributed by atoms with van der Waals surface area (Å²) in [5, 5.41) is 12.9. The van der Waals surface area contributed by atoms with Gasteiger partial charge in [-0.3, -0.25) is 14.2 Å². The van der Waals surface area contributed by atoms with Crippen LogP contribution >= 0.6 is 0 Å². The third-order valence-corrected chi connectivity index (χ3v) is 5.10. The van der Waals surface area contributed by atoms with E-state index < -0.39 is 17.2 Å². The molecule has 0 saturated carbocycles. The van der Waals surface area contributed by atoms with Gasteiger partial charge in [0.15, 0.2) is 5.69 Å². The summed E-state index contributed by atoms with van der Waals surface area (Å²) in [6.07, 6.45) is 4.97. The maximum Gasteiger partial charge on any atom is 0.298 e. The van der Waals surface area contributed by atoms with Gasteiger partial charge < -0.3 is 15.3 Å². The number of amides is 1. The van der Waals surface area contributed by atoms with Crippen molar-refractivity contribution in [2.75, 3.05) is 18.0 Å². The molecule has 29 heavy (non-hydrogen) atoms. The molecule has 1 aromatic carbocycles. The lowest BCUT2D eigenvalue weighted by Crippen LogP contribution is -2.32. The van der Waals surface area contributed by atoms with Crippen molar-refractivity contribution in [2.45, 2.75) is 19.5 Å². The predicted octanol–water partition coefficient (Wildman–Crippen LogP) is 2.13. The Morgan fingerprint density at radius 2 is 2.07 bits per heavy atom. The summed E-state index contributed by atoms with van der Waals surface area (Å²) in [7, 11) is 0. The maximum absolute atomic E-state index is 13.0. The van der Waals surface area contributed by atoms with Crippen LogP contribution in [0.1, 0.15) is 22.5 Å². The van der Waals surface area contributed by atoms with Crippen LogP contribution in [-0.4, -0.2) is 33.7 Å². The fourth-order valence-corrected chi connectivity index (χ4v) is 3.51. The molecule has 7 nitrogen and oxygen atoms in total. The first-order valence-corrected chi connectivity index (χ1v) is 9.47. The highest BCUT2D eigenvalue weighted by Crippen LogP contribution is 2.23. The van der Waals surface area contributed by atoms with Crippen molar-refractivity contribution >= 4 is 11.9 Å². The quantitative estimate of drug-likeness (QED) is 0.809. The molecule has 1 aliphatic heterocycles. The van der Waals surface area contributed by atoms with Gasteiger partial charge in [-0.15, -0.1) is 0 Å². The van der Waals surface area contributed by atoms with Crippen molar-refractivity contribution in [1.29, 1.82) is 0 Å². The van der Waals surface area contributed by atoms with Gasteiger partial charge >= 0.3 is 0 Å². The molecule has 1 atom stereocenters. The van der Waals surface area contributed by atoms with E-state index in [2.05, 4.69) is 10.3 Å². The van der Waals surface area contributed by atoms with Crippen LogP contribution in [0.4, 0.5) is 10.3 Å². The minimum atomic E-state index is -0.655. The fourth-order valence-electron chi connectivity index (χ4n) is 3.51. The smallest absolute Gasteiger partial charge is 0.298 e. The molecule has 4 rings (SSSR count). The summed E-state index contributed by atoms with van der Waals surface area (Å²) >= 11 is 0. The maximum atomic E-state index is 13.0. The summed E-state index contributed by atoms with van der Waals surface area (Å²) in [6, 6.07) is 9.74. The Bertz CT molecular complexity index is 1050. The van der Waals surface area contributed by atoms with Gasteiger partial charge in [0.05, 0.1) is 0 Å². The Labute approximate surface area is 166 Å². The number of nitrogens with zero attached hydrogens (tertiary/aromatic N) is 3. The monoisotopic (exact) mass is 396 g/mol. The molecule has 2 aromatic rings.